The molecule has 3 heterocycles. The monoisotopic (exact) mass is 636 g/mol. The van der Waals surface area contributed by atoms with Crippen molar-refractivity contribution >= 4 is 46.9 Å². The van der Waals surface area contributed by atoms with Gasteiger partial charge in [0.15, 0.2) is 0 Å². The highest BCUT2D eigenvalue weighted by molar-refractivity contribution is 6.31. The summed E-state index contributed by atoms with van der Waals surface area (Å²) in [5.74, 6) is -2.76. The number of rotatable bonds is 7. The number of anilines is 1. The third-order valence-corrected chi connectivity index (χ3v) is 10.1. The summed E-state index contributed by atoms with van der Waals surface area (Å²) in [7, 11) is 1.52. The molecule has 1 aliphatic carbocycles. The molecule has 1 saturated carbocycles. The van der Waals surface area contributed by atoms with Crippen LogP contribution in [0.3, 0.4) is 0 Å². The molecule has 6 atom stereocenters. The number of methoxy groups -OCH3 is 1. The summed E-state index contributed by atoms with van der Waals surface area (Å²) in [5.41, 5.74) is -1.28. The van der Waals surface area contributed by atoms with E-state index >= 15 is 4.39 Å². The molecule has 234 valence electrons. The van der Waals surface area contributed by atoms with Crippen LogP contribution in [0.15, 0.2) is 46.8 Å². The second-order valence-electron chi connectivity index (χ2n) is 12.8. The summed E-state index contributed by atoms with van der Waals surface area (Å²) in [4.78, 5) is 32.4. The number of nitrogens with zero attached hydrogens (tertiary/aromatic N) is 1. The number of aliphatic imine (C=N–C) groups is 1. The minimum absolute atomic E-state index is 0.0153. The number of hydrogen-bond acceptors (Lipinski definition) is 7. The van der Waals surface area contributed by atoms with E-state index in [0.29, 0.717) is 35.5 Å². The van der Waals surface area contributed by atoms with Crippen LogP contribution in [0.5, 0.6) is 0 Å². The average molecular weight is 638 g/mol. The molecule has 0 aromatic heterocycles. The summed E-state index contributed by atoms with van der Waals surface area (Å²) in [6, 6.07) is 3.56. The molecular formula is C31H39Cl2FN4O5. The van der Waals surface area contributed by atoms with Crippen LogP contribution in [0.4, 0.5) is 10.1 Å². The maximum atomic E-state index is 16.7. The molecule has 9 nitrogen and oxygen atoms in total. The number of halogens is 3. The van der Waals surface area contributed by atoms with E-state index in [1.165, 1.54) is 13.3 Å². The standard InChI is InChI=1S/C31H39Cl2FN4O5/c1-17(32)35-12-7-21(34)25-26(27(40)36-19-14-23(42-4)24(15-39)43-16-19)38-30(10-8-29(2,3)9-11-30)31(25)20-6-5-18(33)13-22(20)37-28(31)41/h5-7,12-13,19,23-26,38-39H,1,8-11,14-16H2,2-4H3,(H,36,40)(H,37,41)/b21-7-,35-12?/t19-,23-,24-,25+,26-,31-/m1/s1. The van der Waals surface area contributed by atoms with Gasteiger partial charge in [-0.1, -0.05) is 49.7 Å². The molecule has 1 aromatic rings. The topological polar surface area (TPSA) is 121 Å². The maximum absolute atomic E-state index is 16.7. The Bertz CT molecular complexity index is 1340. The molecule has 43 heavy (non-hydrogen) atoms. The van der Waals surface area contributed by atoms with Crippen LogP contribution in [0.2, 0.25) is 5.02 Å². The SMILES string of the molecule is C=C(Cl)N=C/C=C(\F)[C@H]1[C@H](C(=O)N[C@H]2CO[C@H](CO)[C@H](OC)C2)NC2(CCC(C)(C)CC2)[C@@]12C(=O)Nc1cc(Cl)ccc12. The second-order valence-corrected chi connectivity index (χ2v) is 13.6. The van der Waals surface area contributed by atoms with Crippen molar-refractivity contribution in [1.82, 2.24) is 10.6 Å². The van der Waals surface area contributed by atoms with Crippen LogP contribution in [0.1, 0.15) is 51.5 Å². The molecule has 3 aliphatic heterocycles. The number of aliphatic hydroxyl groups excluding tert-OH is 1. The van der Waals surface area contributed by atoms with Gasteiger partial charge >= 0.3 is 0 Å². The Labute approximate surface area is 261 Å². The second kappa shape index (κ2) is 12.2. The van der Waals surface area contributed by atoms with Crippen molar-refractivity contribution in [1.29, 1.82) is 0 Å². The van der Waals surface area contributed by atoms with Gasteiger partial charge < -0.3 is 25.2 Å². The lowest BCUT2D eigenvalue weighted by Crippen LogP contribution is -2.62. The van der Waals surface area contributed by atoms with Gasteiger partial charge in [-0.15, -0.1) is 0 Å². The van der Waals surface area contributed by atoms with E-state index in [1.807, 2.05) is 0 Å². The lowest BCUT2D eigenvalue weighted by molar-refractivity contribution is -0.135. The normalized spacial score (nSPS) is 33.1. The minimum Gasteiger partial charge on any atom is -0.394 e. The zero-order valence-corrected chi connectivity index (χ0v) is 26.1. The van der Waals surface area contributed by atoms with Crippen LogP contribution in [-0.2, 0) is 24.5 Å². The average Bonchev–Trinajstić information content (AvgIpc) is 3.42. The molecule has 2 amide bonds. The Balaban J connectivity index is 1.61. The summed E-state index contributed by atoms with van der Waals surface area (Å²) in [6.45, 7) is 7.81. The summed E-state index contributed by atoms with van der Waals surface area (Å²) < 4.78 is 27.9. The number of fused-ring (bicyclic) bond motifs is 3. The Hall–Kier alpha value is -2.34. The van der Waals surface area contributed by atoms with Gasteiger partial charge in [0.25, 0.3) is 0 Å². The molecule has 1 aromatic carbocycles. The predicted molar refractivity (Wildman–Crippen MR) is 164 cm³/mol. The zero-order chi connectivity index (χ0) is 31.2. The fourth-order valence-electron chi connectivity index (χ4n) is 7.56. The van der Waals surface area contributed by atoms with Crippen molar-refractivity contribution in [3.05, 3.63) is 52.4 Å². The quantitative estimate of drug-likeness (QED) is 0.260. The van der Waals surface area contributed by atoms with Crippen LogP contribution in [-0.4, -0.2) is 73.3 Å². The van der Waals surface area contributed by atoms with E-state index < -0.39 is 52.9 Å². The number of amides is 2. The van der Waals surface area contributed by atoms with Crippen LogP contribution >= 0.6 is 23.2 Å². The van der Waals surface area contributed by atoms with Crippen molar-refractivity contribution in [2.75, 3.05) is 25.6 Å². The van der Waals surface area contributed by atoms with E-state index in [9.17, 15) is 14.7 Å². The summed E-state index contributed by atoms with van der Waals surface area (Å²) >= 11 is 12.1. The summed E-state index contributed by atoms with van der Waals surface area (Å²) in [6.07, 6.45) is 4.44. The van der Waals surface area contributed by atoms with E-state index in [4.69, 9.17) is 32.7 Å². The minimum atomic E-state index is -1.46. The van der Waals surface area contributed by atoms with Crippen molar-refractivity contribution in [2.24, 2.45) is 16.3 Å². The Morgan fingerprint density at radius 2 is 2.05 bits per heavy atom. The molecule has 0 unspecified atom stereocenters. The lowest BCUT2D eigenvalue weighted by atomic mass is 9.54. The largest absolute Gasteiger partial charge is 0.394 e. The highest BCUT2D eigenvalue weighted by atomic mass is 35.5. The maximum Gasteiger partial charge on any atom is 0.238 e. The van der Waals surface area contributed by atoms with Gasteiger partial charge in [-0.3, -0.25) is 14.9 Å². The number of ether oxygens (including phenoxy) is 2. The van der Waals surface area contributed by atoms with Crippen LogP contribution < -0.4 is 16.0 Å². The van der Waals surface area contributed by atoms with E-state index in [1.54, 1.807) is 18.2 Å². The fraction of sp³-hybridized carbons (Fsp3) is 0.581. The summed E-state index contributed by atoms with van der Waals surface area (Å²) in [5, 5.41) is 19.6. The molecule has 2 saturated heterocycles. The lowest BCUT2D eigenvalue weighted by Gasteiger charge is -2.50. The van der Waals surface area contributed by atoms with E-state index in [2.05, 4.69) is 41.4 Å². The van der Waals surface area contributed by atoms with Crippen molar-refractivity contribution < 1.29 is 28.6 Å². The number of benzene rings is 1. The highest BCUT2D eigenvalue weighted by Gasteiger charge is 2.73. The number of allylic oxidation sites excluding steroid dienone is 1. The molecular weight excluding hydrogens is 598 g/mol. The first-order valence-corrected chi connectivity index (χ1v) is 15.3. The Kier molecular flexibility index (Phi) is 9.11. The molecule has 4 aliphatic rings. The Morgan fingerprint density at radius 3 is 2.70 bits per heavy atom. The predicted octanol–water partition coefficient (Wildman–Crippen LogP) is 4.37. The van der Waals surface area contributed by atoms with Crippen molar-refractivity contribution in [3.63, 3.8) is 0 Å². The van der Waals surface area contributed by atoms with Gasteiger partial charge in [-0.05, 0) is 61.3 Å². The number of nitrogens with one attached hydrogen (secondary N) is 3. The number of carbonyl (C=O) groups is 2. The van der Waals surface area contributed by atoms with Gasteiger partial charge in [0.1, 0.15) is 22.5 Å². The molecule has 0 radical (unpaired) electrons. The van der Waals surface area contributed by atoms with Crippen LogP contribution in [0.25, 0.3) is 0 Å². The first-order chi connectivity index (χ1) is 20.4. The third kappa shape index (κ3) is 5.66. The van der Waals surface area contributed by atoms with Gasteiger partial charge in [0.2, 0.25) is 11.8 Å². The zero-order valence-electron chi connectivity index (χ0n) is 24.6. The van der Waals surface area contributed by atoms with Crippen LogP contribution in [0, 0.1) is 11.3 Å². The Morgan fingerprint density at radius 1 is 1.33 bits per heavy atom. The number of aliphatic hydroxyl groups is 1. The molecule has 3 fully saturated rings. The van der Waals surface area contributed by atoms with Gasteiger partial charge in [0.05, 0.1) is 37.3 Å². The molecule has 2 spiro atoms. The van der Waals surface area contributed by atoms with Crippen molar-refractivity contribution in [2.45, 2.75) is 81.2 Å². The fourth-order valence-corrected chi connectivity index (χ4v) is 7.79. The first-order valence-electron chi connectivity index (χ1n) is 14.6. The molecule has 12 heteroatoms. The number of hydrogen-bond donors (Lipinski definition) is 4. The molecule has 4 N–H and O–H groups in total. The third-order valence-electron chi connectivity index (χ3n) is 9.76. The smallest absolute Gasteiger partial charge is 0.238 e. The molecule has 5 rings (SSSR count). The van der Waals surface area contributed by atoms with Crippen molar-refractivity contribution in [3.8, 4) is 0 Å². The molecule has 0 bridgehead atoms. The van der Waals surface area contributed by atoms with Gasteiger partial charge in [-0.2, -0.15) is 0 Å². The van der Waals surface area contributed by atoms with E-state index in [0.717, 1.165) is 18.9 Å². The first kappa shape index (κ1) is 32.1. The highest BCUT2D eigenvalue weighted by Crippen LogP contribution is 2.62. The van der Waals surface area contributed by atoms with E-state index in [-0.39, 0.29) is 29.7 Å². The van der Waals surface area contributed by atoms with Gasteiger partial charge in [0, 0.05) is 29.6 Å². The van der Waals surface area contributed by atoms with Gasteiger partial charge in [-0.25, -0.2) is 9.38 Å². The number of carbonyl (C=O) groups excluding carboxylic acids is 2.